The van der Waals surface area contributed by atoms with Gasteiger partial charge in [-0.25, -0.2) is 24.9 Å². The maximum Gasteiger partial charge on any atom is 0.224 e. The highest BCUT2D eigenvalue weighted by Gasteiger charge is 2.26. The van der Waals surface area contributed by atoms with Crippen LogP contribution in [0.2, 0.25) is 0 Å². The van der Waals surface area contributed by atoms with Gasteiger partial charge in [0.2, 0.25) is 35.5 Å². The smallest absolute Gasteiger partial charge is 0.224 e. The van der Waals surface area contributed by atoms with E-state index in [1.54, 1.807) is 49.8 Å². The van der Waals surface area contributed by atoms with Crippen LogP contribution in [0.15, 0.2) is 78.9 Å². The number of ether oxygens (including phenoxy) is 7. The van der Waals surface area contributed by atoms with Crippen molar-refractivity contribution in [1.82, 2.24) is 74.8 Å². The van der Waals surface area contributed by atoms with E-state index in [-0.39, 0.29) is 29.7 Å². The first-order valence-electron chi connectivity index (χ1n) is 40.7. The van der Waals surface area contributed by atoms with E-state index in [1.807, 2.05) is 130 Å². The molecule has 0 aliphatic heterocycles. The molecule has 3 aromatic carbocycles. The minimum atomic E-state index is 0.0985. The SMILES string of the molecule is CCCc1cc(N(C)C2CCCCC2)nc2nc(N)nc(N)c12.COc1cc(CN(C)c2cc(C)c3c(N)nc(N)nc3n2)cc(OC)c1.COc1cc(CN(C)c2cc(C)c3c(N)nc(N)nc3n2)cc(OC)c1OC.COc1ccc(CN(C)c2cc(C)c3c(N)nc(N)nc3n2)cc1OC.Cc1cc(N(C)C2CCCCC2)nc2nc(N)nc(N)c12. The number of methoxy groups -OCH3 is 7. The molecule has 37 heteroatoms. The van der Waals surface area contributed by atoms with Gasteiger partial charge in [0.05, 0.1) is 76.7 Å². The van der Waals surface area contributed by atoms with Crippen molar-refractivity contribution >= 4 is 143 Å². The van der Waals surface area contributed by atoms with Crippen LogP contribution < -0.4 is 115 Å². The summed E-state index contributed by atoms with van der Waals surface area (Å²) in [7, 11) is 21.3. The number of nitrogens with two attached hydrogens (primary N) is 10. The zero-order valence-corrected chi connectivity index (χ0v) is 73.8. The molecule has 0 saturated heterocycles. The lowest BCUT2D eigenvalue weighted by Gasteiger charge is -2.32. The van der Waals surface area contributed by atoms with E-state index >= 15 is 0 Å². The molecule has 0 unspecified atom stereocenters. The normalized spacial score (nSPS) is 12.7. The summed E-state index contributed by atoms with van der Waals surface area (Å²) in [5.74, 6) is 11.3. The van der Waals surface area contributed by atoms with Crippen LogP contribution in [0, 0.1) is 27.7 Å². The number of fused-ring (bicyclic) bond motifs is 5. The molecule has 10 heterocycles. The first-order chi connectivity index (χ1) is 59.4. The summed E-state index contributed by atoms with van der Waals surface area (Å²) in [6, 6.07) is 26.6. The number of benzene rings is 3. The summed E-state index contributed by atoms with van der Waals surface area (Å²) in [5, 5.41) is 3.80. The Morgan fingerprint density at radius 2 is 0.613 bits per heavy atom. The lowest BCUT2D eigenvalue weighted by Crippen LogP contribution is -2.34. The summed E-state index contributed by atoms with van der Waals surface area (Å²) >= 11 is 0. The zero-order chi connectivity index (χ0) is 89.5. The summed E-state index contributed by atoms with van der Waals surface area (Å²) in [6.45, 7) is 11.8. The molecular weight excluding hydrogens is 1580 g/mol. The summed E-state index contributed by atoms with van der Waals surface area (Å²) in [5.41, 5.74) is 69.2. The van der Waals surface area contributed by atoms with Gasteiger partial charge in [0.25, 0.3) is 0 Å². The molecule has 2 saturated carbocycles. The zero-order valence-electron chi connectivity index (χ0n) is 73.8. The first-order valence-corrected chi connectivity index (χ1v) is 40.7. The Kier molecular flexibility index (Phi) is 29.5. The fraction of sp³-hybridized carbons (Fsp3) is 0.391. The first kappa shape index (κ1) is 90.5. The molecule has 0 atom stereocenters. The molecule has 0 spiro atoms. The van der Waals surface area contributed by atoms with Crippen LogP contribution in [0.4, 0.5) is 87.9 Å². The average molecular weight is 1690 g/mol. The van der Waals surface area contributed by atoms with Crippen LogP contribution in [0.5, 0.6) is 40.2 Å². The molecule has 656 valence electrons. The maximum atomic E-state index is 6.07. The van der Waals surface area contributed by atoms with Crippen molar-refractivity contribution in [2.75, 3.05) is 167 Å². The van der Waals surface area contributed by atoms with Gasteiger partial charge in [-0.15, -0.1) is 0 Å². The largest absolute Gasteiger partial charge is 0.497 e. The van der Waals surface area contributed by atoms with Gasteiger partial charge in [0.15, 0.2) is 51.2 Å². The fourth-order valence-corrected chi connectivity index (χ4v) is 15.6. The van der Waals surface area contributed by atoms with Gasteiger partial charge in [-0.05, 0) is 171 Å². The van der Waals surface area contributed by atoms with Crippen LogP contribution in [-0.2, 0) is 26.1 Å². The van der Waals surface area contributed by atoms with Gasteiger partial charge in [-0.1, -0.05) is 57.9 Å². The van der Waals surface area contributed by atoms with Crippen molar-refractivity contribution < 1.29 is 33.2 Å². The molecule has 37 nitrogen and oxygen atoms in total. The van der Waals surface area contributed by atoms with E-state index in [2.05, 4.69) is 113 Å². The van der Waals surface area contributed by atoms with Gasteiger partial charge in [0.1, 0.15) is 69.7 Å². The Hall–Kier alpha value is -14.3. The summed E-state index contributed by atoms with van der Waals surface area (Å²) in [4.78, 5) is 75.1. The average Bonchev–Trinajstić information content (AvgIpc) is 0.785. The van der Waals surface area contributed by atoms with Gasteiger partial charge in [-0.3, -0.25) is 0 Å². The highest BCUT2D eigenvalue weighted by molar-refractivity contribution is 5.94. The second-order valence-corrected chi connectivity index (χ2v) is 30.7. The minimum Gasteiger partial charge on any atom is -0.497 e. The predicted molar refractivity (Wildman–Crippen MR) is 496 cm³/mol. The molecule has 10 aromatic heterocycles. The van der Waals surface area contributed by atoms with Crippen molar-refractivity contribution in [3.05, 3.63) is 123 Å². The highest BCUT2D eigenvalue weighted by Crippen LogP contribution is 2.41. The summed E-state index contributed by atoms with van der Waals surface area (Å²) in [6.07, 6.45) is 14.8. The second kappa shape index (κ2) is 40.4. The molecule has 0 radical (unpaired) electrons. The van der Waals surface area contributed by atoms with Crippen LogP contribution in [0.25, 0.3) is 55.2 Å². The standard InChI is InChI=1S/C19H24N6O3.2C18H22N6O2.C17H26N6.C15H22N6/c1-10-6-14(22-18-15(10)17(20)23-19(21)24-18)25(2)9-11-7-12(26-3)16(28-5)13(8-11)27-4;1-10-5-14(21-17-15(10)16(19)22-18(20)23-17)24(2)9-11-6-12(25-3)8-13(7-11)26-4;1-10-7-14(21-17-15(10)16(19)22-18(20)23-17)24(2)9-11-5-6-12(25-3)13(8-11)26-4;1-3-7-11-10-13(23(2)12-8-5-4-6-9-12)20-16-14(11)15(18)21-17(19)22-16;1-9-8-11(21(2)10-6-4-3-5-7-10)18-14-12(9)13(16)19-15(17)20-14/h6-8H,9H2,1-5H3,(H4,20,21,22,23,24);2*5-8H,9H2,1-4H3,(H4,19,20,21,22,23);10,12H,3-9H2,1-2H3,(H4,18,19,20,21,22);8,10H,3-7H2,1-2H3,(H4,16,17,18,19,20). The molecule has 20 N–H and O–H groups in total. The second-order valence-electron chi connectivity index (χ2n) is 30.7. The number of nitrogens with zero attached hydrogens (tertiary/aromatic N) is 20. The molecule has 13 aromatic rings. The van der Waals surface area contributed by atoms with Crippen molar-refractivity contribution in [2.24, 2.45) is 0 Å². The maximum absolute atomic E-state index is 6.07. The number of anilines is 15. The molecule has 124 heavy (non-hydrogen) atoms. The molecule has 2 fully saturated rings. The third kappa shape index (κ3) is 21.3. The van der Waals surface area contributed by atoms with Crippen LogP contribution in [0.3, 0.4) is 0 Å². The van der Waals surface area contributed by atoms with Crippen LogP contribution >= 0.6 is 0 Å². The van der Waals surface area contributed by atoms with E-state index in [1.165, 1.54) is 64.2 Å². The topological polar surface area (TPSA) is 534 Å². The third-order valence-corrected chi connectivity index (χ3v) is 21.9. The van der Waals surface area contributed by atoms with E-state index < -0.39 is 0 Å². The predicted octanol–water partition coefficient (Wildman–Crippen LogP) is 11.6. The Morgan fingerprint density at radius 1 is 0.306 bits per heavy atom. The van der Waals surface area contributed by atoms with Gasteiger partial charge >= 0.3 is 0 Å². The molecule has 15 rings (SSSR count). The monoisotopic (exact) mass is 1690 g/mol. The van der Waals surface area contributed by atoms with Crippen molar-refractivity contribution in [1.29, 1.82) is 0 Å². The Bertz CT molecular complexity index is 5910. The van der Waals surface area contributed by atoms with Crippen molar-refractivity contribution in [2.45, 2.75) is 143 Å². The van der Waals surface area contributed by atoms with Crippen LogP contribution in [0.1, 0.15) is 122 Å². The quantitative estimate of drug-likeness (QED) is 0.0301. The number of nitrogen functional groups attached to an aromatic ring is 10. The van der Waals surface area contributed by atoms with E-state index in [0.717, 1.165) is 119 Å². The van der Waals surface area contributed by atoms with Gasteiger partial charge in [-0.2, -0.15) is 49.8 Å². The van der Waals surface area contributed by atoms with Gasteiger partial charge in [0, 0.05) is 73.0 Å². The van der Waals surface area contributed by atoms with E-state index in [9.17, 15) is 0 Å². The summed E-state index contributed by atoms with van der Waals surface area (Å²) < 4.78 is 37.5. The van der Waals surface area contributed by atoms with Crippen molar-refractivity contribution in [3.8, 4) is 40.2 Å². The molecule has 0 bridgehead atoms. The van der Waals surface area contributed by atoms with Crippen LogP contribution in [-0.4, -0.2) is 172 Å². The molecule has 2 aliphatic carbocycles. The van der Waals surface area contributed by atoms with E-state index in [4.69, 9.17) is 95.5 Å². The molecular formula is C87H116N30O7. The number of rotatable bonds is 22. The molecule has 2 aliphatic rings. The Balaban J connectivity index is 0.000000151. The Morgan fingerprint density at radius 3 is 0.952 bits per heavy atom. The molecule has 0 amide bonds. The lowest BCUT2D eigenvalue weighted by atomic mass is 9.94. The number of aryl methyl sites for hydroxylation is 5. The Labute approximate surface area is 721 Å². The number of hydrogen-bond acceptors (Lipinski definition) is 37. The van der Waals surface area contributed by atoms with Crippen molar-refractivity contribution in [3.63, 3.8) is 0 Å². The minimum absolute atomic E-state index is 0.0985. The third-order valence-electron chi connectivity index (χ3n) is 21.9. The number of aromatic nitrogens is 15. The lowest BCUT2D eigenvalue weighted by molar-refractivity contribution is 0.324. The number of hydrogen-bond donors (Lipinski definition) is 10. The highest BCUT2D eigenvalue weighted by atomic mass is 16.5. The van der Waals surface area contributed by atoms with Gasteiger partial charge < -0.3 is 115 Å². The van der Waals surface area contributed by atoms with E-state index in [0.29, 0.717) is 123 Å². The fourth-order valence-electron chi connectivity index (χ4n) is 15.6. The number of pyridine rings is 5.